The molecule has 0 saturated carbocycles. The minimum atomic E-state index is -0.737. The van der Waals surface area contributed by atoms with E-state index < -0.39 is 11.6 Å². The molecule has 0 bridgehead atoms. The van der Waals surface area contributed by atoms with Crippen LogP contribution < -0.4 is 0 Å². The number of rotatable bonds is 5. The molecule has 1 aliphatic heterocycles. The molecule has 0 aliphatic carbocycles. The molecule has 0 spiro atoms. The van der Waals surface area contributed by atoms with Gasteiger partial charge in [0.25, 0.3) is 5.91 Å². The Balaban J connectivity index is 1.37. The summed E-state index contributed by atoms with van der Waals surface area (Å²) in [4.78, 5) is 20.2. The summed E-state index contributed by atoms with van der Waals surface area (Å²) in [5.41, 5.74) is 2.81. The number of nitrogens with zero attached hydrogens (tertiary/aromatic N) is 4. The Morgan fingerprint density at radius 3 is 2.53 bits per heavy atom. The SMILES string of the molecule is O=C(c1ncsc1-c1ccc(F)cc1)N1CCCC[C@H]1Cc1nnc(-c2cc(F)cc(F)c2)o1. The van der Waals surface area contributed by atoms with Gasteiger partial charge < -0.3 is 9.32 Å². The fraction of sp³-hybridized carbons (Fsp3) is 0.250. The van der Waals surface area contributed by atoms with E-state index in [1.807, 2.05) is 0 Å². The summed E-state index contributed by atoms with van der Waals surface area (Å²) < 4.78 is 46.1. The topological polar surface area (TPSA) is 72.1 Å². The van der Waals surface area contributed by atoms with Crippen LogP contribution in [0, 0.1) is 17.5 Å². The molecule has 10 heteroatoms. The Morgan fingerprint density at radius 2 is 1.76 bits per heavy atom. The van der Waals surface area contributed by atoms with Crippen molar-refractivity contribution in [3.8, 4) is 21.9 Å². The van der Waals surface area contributed by atoms with Crippen molar-refractivity contribution in [1.29, 1.82) is 0 Å². The van der Waals surface area contributed by atoms with Crippen molar-refractivity contribution >= 4 is 17.2 Å². The molecule has 2 aromatic carbocycles. The molecule has 1 aliphatic rings. The van der Waals surface area contributed by atoms with E-state index in [9.17, 15) is 18.0 Å². The number of piperidine rings is 1. The second-order valence-corrected chi connectivity index (χ2v) is 8.90. The third kappa shape index (κ3) is 4.58. The second-order valence-electron chi connectivity index (χ2n) is 8.05. The molecule has 0 N–H and O–H groups in total. The van der Waals surface area contributed by atoms with E-state index in [4.69, 9.17) is 4.42 Å². The summed E-state index contributed by atoms with van der Waals surface area (Å²) in [5, 5.41) is 7.95. The summed E-state index contributed by atoms with van der Waals surface area (Å²) in [7, 11) is 0. The van der Waals surface area contributed by atoms with Crippen molar-refractivity contribution in [2.75, 3.05) is 6.54 Å². The van der Waals surface area contributed by atoms with Gasteiger partial charge in [0.2, 0.25) is 11.8 Å². The van der Waals surface area contributed by atoms with Crippen LogP contribution in [0.2, 0.25) is 0 Å². The highest BCUT2D eigenvalue weighted by Gasteiger charge is 2.31. The van der Waals surface area contributed by atoms with Crippen molar-refractivity contribution in [2.45, 2.75) is 31.7 Å². The predicted molar refractivity (Wildman–Crippen MR) is 120 cm³/mol. The van der Waals surface area contributed by atoms with E-state index in [0.29, 0.717) is 23.5 Å². The number of aromatic nitrogens is 3. The Labute approximate surface area is 197 Å². The Morgan fingerprint density at radius 1 is 1.00 bits per heavy atom. The second kappa shape index (κ2) is 9.38. The van der Waals surface area contributed by atoms with Crippen molar-refractivity contribution in [3.63, 3.8) is 0 Å². The molecule has 6 nitrogen and oxygen atoms in total. The van der Waals surface area contributed by atoms with E-state index in [0.717, 1.165) is 43.0 Å². The van der Waals surface area contributed by atoms with Crippen LogP contribution in [0.3, 0.4) is 0 Å². The number of hydrogen-bond donors (Lipinski definition) is 0. The maximum atomic E-state index is 13.5. The van der Waals surface area contributed by atoms with Crippen molar-refractivity contribution in [2.24, 2.45) is 0 Å². The minimum absolute atomic E-state index is 0.0141. The first-order valence-corrected chi connectivity index (χ1v) is 11.6. The molecule has 174 valence electrons. The van der Waals surface area contributed by atoms with Gasteiger partial charge in [0.1, 0.15) is 23.1 Å². The summed E-state index contributed by atoms with van der Waals surface area (Å²) in [6, 6.07) is 8.78. The molecule has 1 saturated heterocycles. The van der Waals surface area contributed by atoms with Gasteiger partial charge in [-0.15, -0.1) is 21.5 Å². The van der Waals surface area contributed by atoms with Gasteiger partial charge in [0.15, 0.2) is 0 Å². The lowest BCUT2D eigenvalue weighted by Crippen LogP contribution is -2.45. The van der Waals surface area contributed by atoms with E-state index >= 15 is 0 Å². The fourth-order valence-corrected chi connectivity index (χ4v) is 4.94. The van der Waals surface area contributed by atoms with Crippen LogP contribution in [0.5, 0.6) is 0 Å². The highest BCUT2D eigenvalue weighted by Crippen LogP contribution is 2.31. The number of hydrogen-bond acceptors (Lipinski definition) is 6. The number of carbonyl (C=O) groups excluding carboxylic acids is 1. The standard InChI is InChI=1S/C24H19F3N4O2S/c25-16-6-4-14(5-7-16)22-21(28-13-34-22)24(32)31-8-2-1-3-19(31)12-20-29-30-23(33-20)15-9-17(26)11-18(27)10-15/h4-7,9-11,13,19H,1-3,8,12H2/t19-/m0/s1. The van der Waals surface area contributed by atoms with Gasteiger partial charge in [-0.05, 0) is 49.1 Å². The summed E-state index contributed by atoms with van der Waals surface area (Å²) in [6.07, 6.45) is 2.85. The maximum absolute atomic E-state index is 13.5. The molecular formula is C24H19F3N4O2S. The first-order chi connectivity index (χ1) is 16.5. The Hall–Kier alpha value is -3.53. The number of carbonyl (C=O) groups is 1. The number of likely N-dealkylation sites (tertiary alicyclic amines) is 1. The quantitative estimate of drug-likeness (QED) is 0.373. The lowest BCUT2D eigenvalue weighted by molar-refractivity contribution is 0.0601. The number of halogens is 3. The molecule has 5 rings (SSSR count). The highest BCUT2D eigenvalue weighted by atomic mass is 32.1. The molecule has 4 aromatic rings. The van der Waals surface area contributed by atoms with Gasteiger partial charge in [0.05, 0.1) is 10.4 Å². The van der Waals surface area contributed by atoms with Crippen molar-refractivity contribution in [1.82, 2.24) is 20.1 Å². The zero-order valence-electron chi connectivity index (χ0n) is 17.9. The third-order valence-corrected chi connectivity index (χ3v) is 6.63. The van der Waals surface area contributed by atoms with Gasteiger partial charge in [-0.3, -0.25) is 4.79 Å². The molecule has 2 aromatic heterocycles. The predicted octanol–water partition coefficient (Wildman–Crippen LogP) is 5.51. The largest absolute Gasteiger partial charge is 0.421 e. The van der Waals surface area contributed by atoms with E-state index in [2.05, 4.69) is 15.2 Å². The van der Waals surface area contributed by atoms with Crippen molar-refractivity contribution in [3.05, 3.63) is 77.0 Å². The lowest BCUT2D eigenvalue weighted by atomic mass is 9.98. The average molecular weight is 485 g/mol. The molecule has 1 amide bonds. The highest BCUT2D eigenvalue weighted by molar-refractivity contribution is 7.13. The zero-order chi connectivity index (χ0) is 23.7. The van der Waals surface area contributed by atoms with Gasteiger partial charge in [-0.1, -0.05) is 12.1 Å². The molecule has 34 heavy (non-hydrogen) atoms. The van der Waals surface area contributed by atoms with Crippen LogP contribution in [0.15, 0.2) is 52.4 Å². The fourth-order valence-electron chi connectivity index (χ4n) is 4.15. The third-order valence-electron chi connectivity index (χ3n) is 5.75. The normalized spacial score (nSPS) is 16.1. The van der Waals surface area contributed by atoms with Crippen LogP contribution in [0.25, 0.3) is 21.9 Å². The lowest BCUT2D eigenvalue weighted by Gasteiger charge is -2.35. The monoisotopic (exact) mass is 484 g/mol. The molecule has 0 radical (unpaired) electrons. The van der Waals surface area contributed by atoms with E-state index in [1.165, 1.54) is 23.5 Å². The summed E-state index contributed by atoms with van der Waals surface area (Å²) in [5.74, 6) is -1.74. The molecule has 3 heterocycles. The smallest absolute Gasteiger partial charge is 0.274 e. The first-order valence-electron chi connectivity index (χ1n) is 10.8. The molecule has 1 fully saturated rings. The van der Waals surface area contributed by atoms with Crippen LogP contribution in [-0.4, -0.2) is 38.6 Å². The van der Waals surface area contributed by atoms with Gasteiger partial charge in [0, 0.05) is 30.6 Å². The van der Waals surface area contributed by atoms with Gasteiger partial charge in [-0.25, -0.2) is 18.2 Å². The minimum Gasteiger partial charge on any atom is -0.421 e. The van der Waals surface area contributed by atoms with E-state index in [1.54, 1.807) is 22.5 Å². The number of amides is 1. The number of thiazole rings is 1. The van der Waals surface area contributed by atoms with Crippen molar-refractivity contribution < 1.29 is 22.4 Å². The summed E-state index contributed by atoms with van der Waals surface area (Å²) in [6.45, 7) is 0.556. The molecule has 1 atom stereocenters. The maximum Gasteiger partial charge on any atom is 0.274 e. The number of benzene rings is 2. The molecule has 0 unspecified atom stereocenters. The van der Waals surface area contributed by atoms with Crippen LogP contribution in [0.1, 0.15) is 35.6 Å². The van der Waals surface area contributed by atoms with Crippen LogP contribution >= 0.6 is 11.3 Å². The first kappa shape index (κ1) is 22.3. The van der Waals surface area contributed by atoms with Crippen LogP contribution in [0.4, 0.5) is 13.2 Å². The Bertz CT molecular complexity index is 1300. The zero-order valence-corrected chi connectivity index (χ0v) is 18.7. The van der Waals surface area contributed by atoms with Crippen LogP contribution in [-0.2, 0) is 6.42 Å². The average Bonchev–Trinajstić information content (AvgIpc) is 3.49. The van der Waals surface area contributed by atoms with Gasteiger partial charge in [-0.2, -0.15) is 0 Å². The van der Waals surface area contributed by atoms with E-state index in [-0.39, 0.29) is 35.1 Å². The van der Waals surface area contributed by atoms with Gasteiger partial charge >= 0.3 is 0 Å². The molecular weight excluding hydrogens is 465 g/mol. The summed E-state index contributed by atoms with van der Waals surface area (Å²) >= 11 is 1.33. The Kier molecular flexibility index (Phi) is 6.14.